The minimum absolute atomic E-state index is 0.237. The molecule has 24 heavy (non-hydrogen) atoms. The Morgan fingerprint density at radius 3 is 2.83 bits per heavy atom. The first-order valence-corrected chi connectivity index (χ1v) is 8.03. The quantitative estimate of drug-likeness (QED) is 0.598. The van der Waals surface area contributed by atoms with E-state index >= 15 is 0 Å². The average Bonchev–Trinajstić information content (AvgIpc) is 3.17. The minimum Gasteiger partial charge on any atom is -0.494 e. The van der Waals surface area contributed by atoms with Crippen LogP contribution >= 0.6 is 11.3 Å². The van der Waals surface area contributed by atoms with Crippen LogP contribution < -0.4 is 10.1 Å². The van der Waals surface area contributed by atoms with Crippen molar-refractivity contribution in [1.29, 1.82) is 0 Å². The zero-order valence-corrected chi connectivity index (χ0v) is 13.8. The Morgan fingerprint density at radius 2 is 2.00 bits per heavy atom. The lowest BCUT2D eigenvalue weighted by Crippen LogP contribution is -2.12. The fourth-order valence-corrected chi connectivity index (χ4v) is 3.36. The molecule has 0 atom stereocenters. The summed E-state index contributed by atoms with van der Waals surface area (Å²) in [6.45, 7) is 1.95. The smallest absolute Gasteiger partial charge is 0.255 e. The number of carbonyl (C=O) groups excluding carboxylic acids is 1. The van der Waals surface area contributed by atoms with Gasteiger partial charge in [-0.1, -0.05) is 0 Å². The number of H-pyrrole nitrogens is 1. The number of fused-ring (bicyclic) bond motifs is 2. The standard InChI is InChI=1S/C16H13N5O2S/c1-8-17-13-6-14(23-2)12(7-15(13)24-8)18-16(22)9-3-4-10-11(5-9)20-21-19-10/h3-7H,1-2H3,(H,18,22)(H,19,20,21). The summed E-state index contributed by atoms with van der Waals surface area (Å²) in [4.78, 5) is 17.0. The summed E-state index contributed by atoms with van der Waals surface area (Å²) in [6, 6.07) is 8.86. The van der Waals surface area contributed by atoms with Crippen molar-refractivity contribution >= 4 is 44.2 Å². The first kappa shape index (κ1) is 14.6. The molecule has 2 aromatic heterocycles. The average molecular weight is 339 g/mol. The molecule has 0 saturated heterocycles. The van der Waals surface area contributed by atoms with E-state index in [1.165, 1.54) is 0 Å². The highest BCUT2D eigenvalue weighted by Crippen LogP contribution is 2.33. The molecule has 2 N–H and O–H groups in total. The van der Waals surface area contributed by atoms with Gasteiger partial charge in [0.25, 0.3) is 5.91 Å². The second-order valence-electron chi connectivity index (χ2n) is 5.23. The van der Waals surface area contributed by atoms with Gasteiger partial charge >= 0.3 is 0 Å². The number of benzene rings is 2. The molecule has 0 fully saturated rings. The van der Waals surface area contributed by atoms with Gasteiger partial charge in [-0.2, -0.15) is 15.4 Å². The van der Waals surface area contributed by atoms with Crippen LogP contribution in [0.4, 0.5) is 5.69 Å². The van der Waals surface area contributed by atoms with Crippen molar-refractivity contribution in [2.75, 3.05) is 12.4 Å². The van der Waals surface area contributed by atoms with E-state index < -0.39 is 0 Å². The molecule has 0 unspecified atom stereocenters. The number of amides is 1. The summed E-state index contributed by atoms with van der Waals surface area (Å²) in [5.41, 5.74) is 3.32. The Morgan fingerprint density at radius 1 is 1.17 bits per heavy atom. The van der Waals surface area contributed by atoms with E-state index in [2.05, 4.69) is 25.7 Å². The van der Waals surface area contributed by atoms with Gasteiger partial charge in [-0.25, -0.2) is 4.98 Å². The zero-order valence-electron chi connectivity index (χ0n) is 13.0. The van der Waals surface area contributed by atoms with Crippen LogP contribution in [0.25, 0.3) is 21.3 Å². The van der Waals surface area contributed by atoms with Gasteiger partial charge in [0.1, 0.15) is 16.8 Å². The van der Waals surface area contributed by atoms with Crippen molar-refractivity contribution in [1.82, 2.24) is 20.4 Å². The number of methoxy groups -OCH3 is 1. The van der Waals surface area contributed by atoms with Gasteiger partial charge in [0.2, 0.25) is 0 Å². The van der Waals surface area contributed by atoms with E-state index in [4.69, 9.17) is 4.74 Å². The zero-order chi connectivity index (χ0) is 16.7. The van der Waals surface area contributed by atoms with Crippen molar-refractivity contribution in [2.24, 2.45) is 0 Å². The second kappa shape index (κ2) is 5.57. The Balaban J connectivity index is 1.70. The van der Waals surface area contributed by atoms with Gasteiger partial charge < -0.3 is 10.1 Å². The predicted molar refractivity (Wildman–Crippen MR) is 92.8 cm³/mol. The highest BCUT2D eigenvalue weighted by molar-refractivity contribution is 7.18. The third-order valence-corrected chi connectivity index (χ3v) is 4.58. The van der Waals surface area contributed by atoms with Crippen LogP contribution in [0.2, 0.25) is 0 Å². The number of aromatic amines is 1. The van der Waals surface area contributed by atoms with Crippen LogP contribution in [0.15, 0.2) is 30.3 Å². The number of aromatic nitrogens is 4. The third kappa shape index (κ3) is 2.46. The first-order valence-electron chi connectivity index (χ1n) is 7.21. The number of hydrogen-bond donors (Lipinski definition) is 2. The Labute approximate surface area is 140 Å². The van der Waals surface area contributed by atoms with E-state index in [1.54, 1.807) is 36.6 Å². The van der Waals surface area contributed by atoms with Crippen molar-refractivity contribution < 1.29 is 9.53 Å². The normalized spacial score (nSPS) is 11.1. The van der Waals surface area contributed by atoms with E-state index in [0.29, 0.717) is 28.0 Å². The van der Waals surface area contributed by atoms with Crippen molar-refractivity contribution in [3.05, 3.63) is 40.9 Å². The first-order chi connectivity index (χ1) is 11.6. The highest BCUT2D eigenvalue weighted by Gasteiger charge is 2.14. The molecule has 0 aliphatic rings. The molecule has 8 heteroatoms. The van der Waals surface area contributed by atoms with E-state index in [9.17, 15) is 4.79 Å². The summed E-state index contributed by atoms with van der Waals surface area (Å²) >= 11 is 1.57. The minimum atomic E-state index is -0.237. The van der Waals surface area contributed by atoms with E-state index in [1.807, 2.05) is 19.1 Å². The highest BCUT2D eigenvalue weighted by atomic mass is 32.1. The summed E-state index contributed by atoms with van der Waals surface area (Å²) in [7, 11) is 1.57. The molecule has 7 nitrogen and oxygen atoms in total. The Kier molecular flexibility index (Phi) is 3.39. The monoisotopic (exact) mass is 339 g/mol. The molecule has 120 valence electrons. The molecule has 0 spiro atoms. The molecule has 0 aliphatic carbocycles. The number of nitrogens with zero attached hydrogens (tertiary/aromatic N) is 3. The summed E-state index contributed by atoms with van der Waals surface area (Å²) in [5.74, 6) is 0.336. The largest absolute Gasteiger partial charge is 0.494 e. The number of carbonyl (C=O) groups is 1. The molecule has 0 aliphatic heterocycles. The van der Waals surface area contributed by atoms with Crippen LogP contribution in [0.5, 0.6) is 5.75 Å². The van der Waals surface area contributed by atoms with Crippen molar-refractivity contribution in [2.45, 2.75) is 6.92 Å². The maximum absolute atomic E-state index is 12.6. The molecule has 0 bridgehead atoms. The van der Waals surface area contributed by atoms with Gasteiger partial charge in [-0.15, -0.1) is 11.3 Å². The van der Waals surface area contributed by atoms with Gasteiger partial charge in [0.05, 0.1) is 28.0 Å². The SMILES string of the molecule is COc1cc2nc(C)sc2cc1NC(=O)c1ccc2n[nH]nc2c1. The Hall–Kier alpha value is -3.00. The topological polar surface area (TPSA) is 92.8 Å². The molecule has 4 rings (SSSR count). The predicted octanol–water partition coefficient (Wildman–Crippen LogP) is 3.14. The molecular formula is C16H13N5O2S. The lowest BCUT2D eigenvalue weighted by Gasteiger charge is -2.10. The molecular weight excluding hydrogens is 326 g/mol. The fraction of sp³-hybridized carbons (Fsp3) is 0.125. The number of hydrogen-bond acceptors (Lipinski definition) is 6. The van der Waals surface area contributed by atoms with E-state index in [-0.39, 0.29) is 5.91 Å². The molecule has 0 saturated carbocycles. The van der Waals surface area contributed by atoms with Gasteiger partial charge in [0, 0.05) is 11.6 Å². The van der Waals surface area contributed by atoms with Gasteiger partial charge in [-0.3, -0.25) is 4.79 Å². The van der Waals surface area contributed by atoms with E-state index in [0.717, 1.165) is 15.2 Å². The molecule has 2 heterocycles. The van der Waals surface area contributed by atoms with Crippen molar-refractivity contribution in [3.8, 4) is 5.75 Å². The number of anilines is 1. The van der Waals surface area contributed by atoms with Crippen LogP contribution in [0, 0.1) is 6.92 Å². The van der Waals surface area contributed by atoms with Crippen LogP contribution in [0.3, 0.4) is 0 Å². The fourth-order valence-electron chi connectivity index (χ4n) is 2.51. The third-order valence-electron chi connectivity index (χ3n) is 3.64. The van der Waals surface area contributed by atoms with Crippen LogP contribution in [-0.4, -0.2) is 33.4 Å². The lowest BCUT2D eigenvalue weighted by atomic mass is 10.1. The number of nitrogens with one attached hydrogen (secondary N) is 2. The summed E-state index contributed by atoms with van der Waals surface area (Å²) in [6.07, 6.45) is 0. The van der Waals surface area contributed by atoms with Crippen LogP contribution in [-0.2, 0) is 0 Å². The number of aryl methyl sites for hydroxylation is 1. The summed E-state index contributed by atoms with van der Waals surface area (Å²) < 4.78 is 6.38. The number of rotatable bonds is 3. The number of ether oxygens (including phenoxy) is 1. The lowest BCUT2D eigenvalue weighted by molar-refractivity contribution is 0.102. The number of thiazole rings is 1. The van der Waals surface area contributed by atoms with Gasteiger partial charge in [-0.05, 0) is 31.2 Å². The van der Waals surface area contributed by atoms with Gasteiger partial charge in [0.15, 0.2) is 0 Å². The Bertz CT molecular complexity index is 1070. The maximum atomic E-state index is 12.6. The van der Waals surface area contributed by atoms with Crippen LogP contribution in [0.1, 0.15) is 15.4 Å². The maximum Gasteiger partial charge on any atom is 0.255 e. The second-order valence-corrected chi connectivity index (χ2v) is 6.47. The molecule has 0 radical (unpaired) electrons. The molecule has 1 amide bonds. The molecule has 4 aromatic rings. The summed E-state index contributed by atoms with van der Waals surface area (Å²) in [5, 5.41) is 14.4. The molecule has 2 aromatic carbocycles. The van der Waals surface area contributed by atoms with Crippen molar-refractivity contribution in [3.63, 3.8) is 0 Å².